The van der Waals surface area contributed by atoms with Crippen molar-refractivity contribution in [2.24, 2.45) is 11.5 Å². The summed E-state index contributed by atoms with van der Waals surface area (Å²) in [5.41, 5.74) is 12.6. The van der Waals surface area contributed by atoms with E-state index in [1.54, 1.807) is 42.5 Å². The van der Waals surface area contributed by atoms with Gasteiger partial charge in [0.25, 0.3) is 0 Å². The topological polar surface area (TPSA) is 442 Å². The molecule has 3 aliphatic heterocycles. The number of aliphatic hydroxyl groups excluding tert-OH is 7. The van der Waals surface area contributed by atoms with Gasteiger partial charge in [-0.05, 0) is 29.7 Å². The van der Waals surface area contributed by atoms with Crippen molar-refractivity contribution in [2.75, 3.05) is 44.4 Å². The number of nitrogens with one attached hydrogen (secondary N) is 6. The molecule has 0 aromatic heterocycles. The third-order valence-electron chi connectivity index (χ3n) is 11.3. The van der Waals surface area contributed by atoms with Gasteiger partial charge in [-0.15, -0.1) is 0 Å². The molecule has 3 fully saturated rings. The lowest BCUT2D eigenvalue weighted by atomic mass is 9.98. The molecule has 72 heavy (non-hydrogen) atoms. The van der Waals surface area contributed by atoms with Crippen LogP contribution in [0.5, 0.6) is 5.75 Å². The number of primary amides is 1. The molecule has 0 unspecified atom stereocenters. The Morgan fingerprint density at radius 1 is 0.764 bits per heavy atom. The molecule has 0 aliphatic carbocycles. The number of ether oxygens (including phenoxy) is 4. The first-order chi connectivity index (χ1) is 34.3. The van der Waals surface area contributed by atoms with E-state index in [-0.39, 0.29) is 30.1 Å². The van der Waals surface area contributed by atoms with Crippen LogP contribution in [0.2, 0.25) is 0 Å². The van der Waals surface area contributed by atoms with Crippen molar-refractivity contribution in [2.45, 2.75) is 104 Å². The van der Waals surface area contributed by atoms with Crippen LogP contribution in [0.3, 0.4) is 0 Å². The number of aliphatic hydroxyl groups is 7. The molecule has 3 heterocycles. The monoisotopic (exact) mass is 1060 g/mol. The Hall–Kier alpha value is -5.25. The number of phenols is 1. The summed E-state index contributed by atoms with van der Waals surface area (Å²) in [4.78, 5) is 93.4. The predicted octanol–water partition coefficient (Wildman–Crippen LogP) is -7.80. The van der Waals surface area contributed by atoms with Crippen LogP contribution in [0.1, 0.15) is 11.1 Å². The molecule has 15 atom stereocenters. The molecule has 3 aliphatic rings. The maximum atomic E-state index is 14.2. The largest absolute Gasteiger partial charge is 0.508 e. The summed E-state index contributed by atoms with van der Waals surface area (Å²) in [6.45, 7) is -3.74. The van der Waals surface area contributed by atoms with Gasteiger partial charge in [0.05, 0.1) is 39.0 Å². The first-order valence-electron chi connectivity index (χ1n) is 22.4. The van der Waals surface area contributed by atoms with Crippen LogP contribution in [0.25, 0.3) is 0 Å². The maximum Gasteiger partial charge on any atom is 0.245 e. The molecule has 27 nitrogen and oxygen atoms in total. The fraction of sp³-hybridized carbons (Fsp3) is 0.558. The van der Waals surface area contributed by atoms with E-state index in [1.807, 2.05) is 0 Å². The average molecular weight is 1060 g/mol. The van der Waals surface area contributed by atoms with Crippen LogP contribution in [0.15, 0.2) is 54.6 Å². The van der Waals surface area contributed by atoms with E-state index < -0.39 is 166 Å². The van der Waals surface area contributed by atoms with Crippen LogP contribution in [-0.2, 0) is 65.4 Å². The Labute approximate surface area is 418 Å². The molecule has 3 saturated heterocycles. The van der Waals surface area contributed by atoms with E-state index in [9.17, 15) is 74.4 Å². The van der Waals surface area contributed by atoms with Gasteiger partial charge in [-0.1, -0.05) is 64.1 Å². The minimum atomic E-state index is -2.01. The molecule has 7 amide bonds. The zero-order chi connectivity index (χ0) is 52.6. The van der Waals surface area contributed by atoms with E-state index in [0.29, 0.717) is 11.1 Å². The zero-order valence-electron chi connectivity index (χ0n) is 38.3. The van der Waals surface area contributed by atoms with Crippen molar-refractivity contribution in [1.82, 2.24) is 31.9 Å². The number of amides is 7. The molecule has 2 aromatic rings. The van der Waals surface area contributed by atoms with E-state index in [4.69, 9.17) is 30.4 Å². The minimum absolute atomic E-state index is 0.00444. The summed E-state index contributed by atoms with van der Waals surface area (Å²) < 4.78 is 22.0. The number of phenolic OH excluding ortho intramolecular Hbond substituents is 1. The molecule has 0 bridgehead atoms. The standard InChI is InChI=1S/C43H60N8O19S2/c44-22(10-20-6-8-21(53)9-7-20)37(62)50-25-17-71-72-18-26(51-40(65)23(11-19-4-2-1-3-5-19)48-30(55)13-47-39(25)64)41(66)49-24(38(63)46-12-29(45)54)15-67-42-36(61)34(59)32(57)28(70-42)16-68-43-35(60)33(58)31(56)27(14-52)69-43/h1-9,22-28,31-36,42-43,52-53,56-61H,10-18,44H2,(H2,45,54)(H,46,63)(H,47,64)(H,48,55)(H,49,66)(H,50,62)(H,51,65)/t22-,23-,24-,25+,26+,27+,28+,31-,32+,33-,34-,35+,36+,42+,43+/m0/s1. The normalized spacial score (nSPS) is 30.5. The second kappa shape index (κ2) is 27.7. The van der Waals surface area contributed by atoms with Gasteiger partial charge in [-0.25, -0.2) is 0 Å². The highest BCUT2D eigenvalue weighted by atomic mass is 33.1. The summed E-state index contributed by atoms with van der Waals surface area (Å²) in [6, 6.07) is 7.38. The lowest BCUT2D eigenvalue weighted by molar-refractivity contribution is -0.331. The van der Waals surface area contributed by atoms with Crippen LogP contribution in [0.4, 0.5) is 0 Å². The lowest BCUT2D eigenvalue weighted by Gasteiger charge is -2.42. The third kappa shape index (κ3) is 16.6. The molecular formula is C43H60N8O19S2. The molecule has 398 valence electrons. The second-order valence-corrected chi connectivity index (χ2v) is 19.4. The summed E-state index contributed by atoms with van der Waals surface area (Å²) in [5, 5.41) is 96.8. The summed E-state index contributed by atoms with van der Waals surface area (Å²) in [5.74, 6) is -6.69. The number of carbonyl (C=O) groups excluding carboxylic acids is 7. The summed E-state index contributed by atoms with van der Waals surface area (Å²) in [7, 11) is 1.96. The van der Waals surface area contributed by atoms with Crippen molar-refractivity contribution in [3.63, 3.8) is 0 Å². The maximum absolute atomic E-state index is 14.2. The molecule has 0 saturated carbocycles. The molecule has 0 radical (unpaired) electrons. The molecule has 5 rings (SSSR count). The van der Waals surface area contributed by atoms with Crippen LogP contribution in [0, 0.1) is 0 Å². The molecule has 2 aromatic carbocycles. The van der Waals surface area contributed by atoms with Gasteiger partial charge in [0.2, 0.25) is 41.4 Å². The Morgan fingerprint density at radius 2 is 1.39 bits per heavy atom. The number of benzene rings is 2. The fourth-order valence-electron chi connectivity index (χ4n) is 7.25. The van der Waals surface area contributed by atoms with E-state index in [0.717, 1.165) is 21.6 Å². The van der Waals surface area contributed by atoms with Gasteiger partial charge in [0.15, 0.2) is 12.6 Å². The minimum Gasteiger partial charge on any atom is -0.508 e. The lowest BCUT2D eigenvalue weighted by Crippen LogP contribution is -2.62. The number of hydrogen-bond acceptors (Lipinski definition) is 22. The van der Waals surface area contributed by atoms with Crippen molar-refractivity contribution < 1.29 is 93.4 Å². The van der Waals surface area contributed by atoms with Crippen molar-refractivity contribution >= 4 is 62.9 Å². The highest BCUT2D eigenvalue weighted by molar-refractivity contribution is 8.76. The van der Waals surface area contributed by atoms with Crippen LogP contribution in [-0.4, -0.2) is 218 Å². The molecule has 0 spiro atoms. The van der Waals surface area contributed by atoms with Crippen molar-refractivity contribution in [3.05, 3.63) is 65.7 Å². The Bertz CT molecular complexity index is 2150. The SMILES string of the molecule is NC(=O)CNC(=O)[C@H](CO[C@@H]1O[C@H](CO[C@@H]2O[C@H](CO)[C@H](O)[C@H](O)[C@H]2O)[C@@H](O)[C@H](O)[C@H]1O)NC(=O)[C@H]1CSSC[C@@H](NC(=O)[C@@H](N)Cc2ccc(O)cc2)C(=O)NCC(=O)N[C@@H](Cc2ccccc2)C(=O)N1. The first kappa shape index (κ1) is 57.6. The smallest absolute Gasteiger partial charge is 0.245 e. The van der Waals surface area contributed by atoms with Gasteiger partial charge < -0.3 is 103 Å². The molecule has 18 N–H and O–H groups in total. The van der Waals surface area contributed by atoms with E-state index >= 15 is 0 Å². The highest BCUT2D eigenvalue weighted by Gasteiger charge is 2.48. The van der Waals surface area contributed by atoms with Gasteiger partial charge in [0, 0.05) is 17.9 Å². The first-order valence-corrected chi connectivity index (χ1v) is 24.8. The van der Waals surface area contributed by atoms with Crippen molar-refractivity contribution in [3.8, 4) is 5.75 Å². The average Bonchev–Trinajstić information content (AvgIpc) is 3.36. The highest BCUT2D eigenvalue weighted by Crippen LogP contribution is 2.27. The van der Waals surface area contributed by atoms with Gasteiger partial charge >= 0.3 is 0 Å². The van der Waals surface area contributed by atoms with Crippen molar-refractivity contribution in [1.29, 1.82) is 0 Å². The Kier molecular flexibility index (Phi) is 22.2. The number of aromatic hydroxyl groups is 1. The van der Waals surface area contributed by atoms with E-state index in [2.05, 4.69) is 31.9 Å². The number of rotatable bonds is 18. The summed E-state index contributed by atoms with van der Waals surface area (Å²) in [6.07, 6.45) is -17.8. The van der Waals surface area contributed by atoms with Gasteiger partial charge in [0.1, 0.15) is 78.7 Å². The predicted molar refractivity (Wildman–Crippen MR) is 250 cm³/mol. The zero-order valence-corrected chi connectivity index (χ0v) is 39.9. The molecule has 29 heteroatoms. The second-order valence-electron chi connectivity index (χ2n) is 16.8. The Morgan fingerprint density at radius 3 is 2.04 bits per heavy atom. The number of hydrogen-bond donors (Lipinski definition) is 16. The quantitative estimate of drug-likeness (QED) is 0.0617. The summed E-state index contributed by atoms with van der Waals surface area (Å²) >= 11 is 0. The van der Waals surface area contributed by atoms with Crippen LogP contribution < -0.4 is 43.4 Å². The molecular weight excluding hydrogens is 997 g/mol. The fourth-order valence-corrected chi connectivity index (χ4v) is 9.58. The van der Waals surface area contributed by atoms with Gasteiger partial charge in [-0.2, -0.15) is 0 Å². The van der Waals surface area contributed by atoms with Crippen LogP contribution >= 0.6 is 21.6 Å². The van der Waals surface area contributed by atoms with E-state index in [1.165, 1.54) is 12.1 Å². The number of carbonyl (C=O) groups is 7. The van der Waals surface area contributed by atoms with Gasteiger partial charge in [-0.3, -0.25) is 33.6 Å². The third-order valence-corrected chi connectivity index (χ3v) is 13.8. The number of nitrogens with two attached hydrogens (primary N) is 2. The Balaban J connectivity index is 1.32.